The fourth-order valence-electron chi connectivity index (χ4n) is 1.51. The maximum atomic E-state index is 11.8. The van der Waals surface area contributed by atoms with Crippen LogP contribution in [0.3, 0.4) is 0 Å². The van der Waals surface area contributed by atoms with Crippen LogP contribution >= 0.6 is 11.6 Å². The molecule has 0 bridgehead atoms. The molecule has 2 aromatic rings. The van der Waals surface area contributed by atoms with E-state index in [1.54, 1.807) is 24.4 Å². The molecule has 0 fully saturated rings. The van der Waals surface area contributed by atoms with Crippen LogP contribution in [0.1, 0.15) is 5.69 Å². The van der Waals surface area contributed by atoms with Gasteiger partial charge in [-0.15, -0.1) is 0 Å². The summed E-state index contributed by atoms with van der Waals surface area (Å²) in [6, 6.07) is 7.62. The number of nitro groups is 1. The highest BCUT2D eigenvalue weighted by atomic mass is 35.5. The van der Waals surface area contributed by atoms with E-state index >= 15 is 0 Å². The fourth-order valence-corrected chi connectivity index (χ4v) is 1.66. The fraction of sp³-hybridized carbons (Fsp3) is 0.0833. The molecule has 0 spiro atoms. The van der Waals surface area contributed by atoms with Gasteiger partial charge in [-0.2, -0.15) is 0 Å². The number of hydrogen-bond donors (Lipinski definition) is 1. The van der Waals surface area contributed by atoms with Crippen molar-refractivity contribution in [2.75, 3.05) is 5.32 Å². The molecule has 0 saturated carbocycles. The van der Waals surface area contributed by atoms with Gasteiger partial charge in [0.1, 0.15) is 5.15 Å². The second-order valence-electron chi connectivity index (χ2n) is 3.80. The minimum absolute atomic E-state index is 0.00775. The zero-order valence-electron chi connectivity index (χ0n) is 10.1. The monoisotopic (exact) mass is 292 g/mol. The molecular formula is C12H9ClN4O3. The Labute approximate surface area is 118 Å². The molecule has 0 aliphatic carbocycles. The van der Waals surface area contributed by atoms with Gasteiger partial charge in [0.25, 0.3) is 0 Å². The van der Waals surface area contributed by atoms with Gasteiger partial charge >= 0.3 is 5.69 Å². The molecule has 2 rings (SSSR count). The average molecular weight is 293 g/mol. The van der Waals surface area contributed by atoms with Crippen LogP contribution in [-0.4, -0.2) is 20.8 Å². The zero-order valence-corrected chi connectivity index (χ0v) is 10.9. The Balaban J connectivity index is 2.15. The number of anilines is 1. The van der Waals surface area contributed by atoms with Crippen molar-refractivity contribution in [1.82, 2.24) is 9.97 Å². The molecule has 0 aliphatic rings. The van der Waals surface area contributed by atoms with Crippen LogP contribution in [0.2, 0.25) is 5.15 Å². The highest BCUT2D eigenvalue weighted by Crippen LogP contribution is 2.23. The van der Waals surface area contributed by atoms with Crippen molar-refractivity contribution in [3.63, 3.8) is 0 Å². The van der Waals surface area contributed by atoms with Crippen LogP contribution in [0.25, 0.3) is 0 Å². The number of aromatic nitrogens is 2. The van der Waals surface area contributed by atoms with Crippen LogP contribution in [-0.2, 0) is 11.2 Å². The smallest absolute Gasteiger partial charge is 0.305 e. The Morgan fingerprint density at radius 3 is 2.80 bits per heavy atom. The molecule has 8 heteroatoms. The predicted octanol–water partition coefficient (Wildman–Crippen LogP) is 2.22. The minimum Gasteiger partial charge on any atom is -0.305 e. The van der Waals surface area contributed by atoms with Crippen LogP contribution in [0.15, 0.2) is 36.5 Å². The number of nitrogens with one attached hydrogen (secondary N) is 1. The number of rotatable bonds is 4. The van der Waals surface area contributed by atoms with Crippen molar-refractivity contribution in [3.05, 3.63) is 57.5 Å². The van der Waals surface area contributed by atoms with Gasteiger partial charge in [-0.05, 0) is 18.2 Å². The van der Waals surface area contributed by atoms with E-state index in [2.05, 4.69) is 15.3 Å². The van der Waals surface area contributed by atoms with Crippen LogP contribution in [0, 0.1) is 10.1 Å². The van der Waals surface area contributed by atoms with E-state index < -0.39 is 10.8 Å². The highest BCUT2D eigenvalue weighted by molar-refractivity contribution is 6.29. The van der Waals surface area contributed by atoms with Crippen molar-refractivity contribution in [2.45, 2.75) is 6.42 Å². The molecule has 2 heterocycles. The Hall–Kier alpha value is -2.54. The highest BCUT2D eigenvalue weighted by Gasteiger charge is 2.18. The van der Waals surface area contributed by atoms with Gasteiger partial charge in [0.2, 0.25) is 11.7 Å². The number of nitrogens with zero attached hydrogens (tertiary/aromatic N) is 3. The summed E-state index contributed by atoms with van der Waals surface area (Å²) in [4.78, 5) is 29.7. The van der Waals surface area contributed by atoms with Crippen molar-refractivity contribution in [1.29, 1.82) is 0 Å². The number of pyridine rings is 2. The first-order valence-corrected chi connectivity index (χ1v) is 5.95. The van der Waals surface area contributed by atoms with E-state index in [9.17, 15) is 14.9 Å². The number of carbonyl (C=O) groups is 1. The lowest BCUT2D eigenvalue weighted by molar-refractivity contribution is -0.384. The summed E-state index contributed by atoms with van der Waals surface area (Å²) in [7, 11) is 0. The number of hydrogen-bond acceptors (Lipinski definition) is 5. The summed E-state index contributed by atoms with van der Waals surface area (Å²) >= 11 is 5.67. The van der Waals surface area contributed by atoms with Gasteiger partial charge in [0, 0.05) is 18.0 Å². The Morgan fingerprint density at radius 2 is 2.15 bits per heavy atom. The summed E-state index contributed by atoms with van der Waals surface area (Å²) in [5, 5.41) is 13.3. The summed E-state index contributed by atoms with van der Waals surface area (Å²) in [6.07, 6.45) is 1.55. The van der Waals surface area contributed by atoms with Crippen LogP contribution in [0.5, 0.6) is 0 Å². The third kappa shape index (κ3) is 3.48. The van der Waals surface area contributed by atoms with Gasteiger partial charge < -0.3 is 5.32 Å². The van der Waals surface area contributed by atoms with Crippen molar-refractivity contribution >= 4 is 29.0 Å². The van der Waals surface area contributed by atoms with E-state index in [0.717, 1.165) is 0 Å². The van der Waals surface area contributed by atoms with Crippen molar-refractivity contribution < 1.29 is 9.72 Å². The summed E-state index contributed by atoms with van der Waals surface area (Å²) in [6.45, 7) is 0. The average Bonchev–Trinajstić information content (AvgIpc) is 2.39. The molecule has 0 aliphatic heterocycles. The quantitative estimate of drug-likeness (QED) is 0.529. The Kier molecular flexibility index (Phi) is 4.21. The van der Waals surface area contributed by atoms with Gasteiger partial charge in [0.05, 0.1) is 11.3 Å². The van der Waals surface area contributed by atoms with E-state index in [0.29, 0.717) is 5.69 Å². The lowest BCUT2D eigenvalue weighted by atomic mass is 10.2. The van der Waals surface area contributed by atoms with E-state index in [-0.39, 0.29) is 23.1 Å². The third-order valence-electron chi connectivity index (χ3n) is 2.36. The summed E-state index contributed by atoms with van der Waals surface area (Å²) < 4.78 is 0. The topological polar surface area (TPSA) is 98.0 Å². The SMILES string of the molecule is O=C(Cc1ccccn1)Nc1nc(Cl)ccc1[N+](=O)[O-]. The van der Waals surface area contributed by atoms with Gasteiger partial charge in [-0.25, -0.2) is 4.98 Å². The molecule has 0 saturated heterocycles. The summed E-state index contributed by atoms with van der Waals surface area (Å²) in [5.74, 6) is -0.634. The standard InChI is InChI=1S/C12H9ClN4O3/c13-10-5-4-9(17(19)20)12(15-10)16-11(18)7-8-3-1-2-6-14-8/h1-6H,7H2,(H,15,16,18). The van der Waals surface area contributed by atoms with Crippen molar-refractivity contribution in [3.8, 4) is 0 Å². The molecule has 102 valence electrons. The summed E-state index contributed by atoms with van der Waals surface area (Å²) in [5.41, 5.74) is 0.235. The zero-order chi connectivity index (χ0) is 14.5. The molecule has 1 N–H and O–H groups in total. The first-order chi connectivity index (χ1) is 9.56. The molecular weight excluding hydrogens is 284 g/mol. The Bertz CT molecular complexity index is 648. The van der Waals surface area contributed by atoms with Gasteiger partial charge in [-0.3, -0.25) is 19.9 Å². The van der Waals surface area contributed by atoms with Crippen molar-refractivity contribution in [2.24, 2.45) is 0 Å². The van der Waals surface area contributed by atoms with Gasteiger partial charge in [-0.1, -0.05) is 17.7 Å². The number of carbonyl (C=O) groups excluding carboxylic acids is 1. The van der Waals surface area contributed by atoms with Gasteiger partial charge in [0.15, 0.2) is 0 Å². The molecule has 0 unspecified atom stereocenters. The molecule has 0 atom stereocenters. The van der Waals surface area contributed by atoms with E-state index in [1.165, 1.54) is 12.1 Å². The molecule has 0 radical (unpaired) electrons. The predicted molar refractivity (Wildman–Crippen MR) is 72.5 cm³/mol. The maximum absolute atomic E-state index is 11.8. The maximum Gasteiger partial charge on any atom is 0.311 e. The second-order valence-corrected chi connectivity index (χ2v) is 4.19. The molecule has 0 aromatic carbocycles. The minimum atomic E-state index is -0.639. The lowest BCUT2D eigenvalue weighted by Gasteiger charge is -2.05. The first-order valence-electron chi connectivity index (χ1n) is 5.57. The van der Waals surface area contributed by atoms with E-state index in [4.69, 9.17) is 11.6 Å². The number of halogens is 1. The first kappa shape index (κ1) is 13.9. The second kappa shape index (κ2) is 6.07. The van der Waals surface area contributed by atoms with Crippen LogP contribution < -0.4 is 5.32 Å². The molecule has 20 heavy (non-hydrogen) atoms. The lowest BCUT2D eigenvalue weighted by Crippen LogP contribution is -2.17. The molecule has 2 aromatic heterocycles. The normalized spacial score (nSPS) is 10.1. The Morgan fingerprint density at radius 1 is 1.35 bits per heavy atom. The van der Waals surface area contributed by atoms with Crippen LogP contribution in [0.4, 0.5) is 11.5 Å². The molecule has 1 amide bonds. The molecule has 7 nitrogen and oxygen atoms in total. The third-order valence-corrected chi connectivity index (χ3v) is 2.57. The number of amides is 1. The van der Waals surface area contributed by atoms with E-state index in [1.807, 2.05) is 0 Å². The largest absolute Gasteiger partial charge is 0.311 e.